The Bertz CT molecular complexity index is 943. The summed E-state index contributed by atoms with van der Waals surface area (Å²) in [5, 5.41) is -1.48. The Kier molecular flexibility index (Phi) is 4.82. The van der Waals surface area contributed by atoms with Crippen LogP contribution >= 0.6 is 0 Å². The van der Waals surface area contributed by atoms with Gasteiger partial charge >= 0.3 is 21.3 Å². The van der Waals surface area contributed by atoms with Crippen LogP contribution in [0.15, 0.2) is 36.4 Å². The molecule has 0 radical (unpaired) electrons. The van der Waals surface area contributed by atoms with Gasteiger partial charge in [-0.25, -0.2) is 0 Å². The number of halogens is 2. The van der Waals surface area contributed by atoms with Crippen LogP contribution in [0.5, 0.6) is 5.75 Å². The van der Waals surface area contributed by atoms with Crippen molar-refractivity contribution in [3.8, 4) is 5.75 Å². The van der Waals surface area contributed by atoms with Crippen molar-refractivity contribution in [3.63, 3.8) is 0 Å². The molecule has 0 bridgehead atoms. The maximum Gasteiger partial charge on any atom is 0.446 e. The van der Waals surface area contributed by atoms with Gasteiger partial charge in [-0.15, -0.1) is 0 Å². The smallest absolute Gasteiger partial charge is 0.446 e. The molecule has 0 saturated carbocycles. The number of benzene rings is 2. The van der Waals surface area contributed by atoms with E-state index in [0.29, 0.717) is 24.5 Å². The van der Waals surface area contributed by atoms with Crippen LogP contribution in [-0.2, 0) is 26.2 Å². The first kappa shape index (κ1) is 18.5. The Morgan fingerprint density at radius 2 is 1.92 bits per heavy atom. The van der Waals surface area contributed by atoms with E-state index in [4.69, 9.17) is 14.0 Å². The third kappa shape index (κ3) is 4.09. The molecule has 1 atom stereocenters. The van der Waals surface area contributed by atoms with Gasteiger partial charge in [-0.05, 0) is 34.5 Å². The Balaban J connectivity index is 1.67. The SMILES string of the molecule is O=C(NCc1ccc2cc(OCC3CO3)ccc2c1)C(F)(F)S(=O)(=O)O. The topological polar surface area (TPSA) is 105 Å². The molecule has 1 amide bonds. The van der Waals surface area contributed by atoms with Crippen LogP contribution in [-0.4, -0.2) is 43.5 Å². The Hall–Kier alpha value is -2.30. The lowest BCUT2D eigenvalue weighted by Crippen LogP contribution is -2.45. The lowest BCUT2D eigenvalue weighted by atomic mass is 10.1. The molecule has 0 spiro atoms. The molecule has 2 aromatic rings. The van der Waals surface area contributed by atoms with Crippen molar-refractivity contribution in [2.24, 2.45) is 0 Å². The number of carbonyl (C=O) groups excluding carboxylic acids is 1. The minimum absolute atomic E-state index is 0.137. The van der Waals surface area contributed by atoms with Gasteiger partial charge in [0, 0.05) is 6.54 Å². The molecule has 3 rings (SSSR count). The van der Waals surface area contributed by atoms with Crippen LogP contribution in [0.4, 0.5) is 8.78 Å². The van der Waals surface area contributed by atoms with Crippen molar-refractivity contribution in [1.82, 2.24) is 5.32 Å². The number of fused-ring (bicyclic) bond motifs is 1. The van der Waals surface area contributed by atoms with E-state index in [9.17, 15) is 22.0 Å². The molecular weight excluding hydrogens is 372 g/mol. The van der Waals surface area contributed by atoms with E-state index in [1.54, 1.807) is 35.6 Å². The van der Waals surface area contributed by atoms with Gasteiger partial charge in [0.1, 0.15) is 18.5 Å². The first-order chi connectivity index (χ1) is 12.2. The highest BCUT2D eigenvalue weighted by Gasteiger charge is 2.52. The molecular formula is C16H15F2NO6S. The lowest BCUT2D eigenvalue weighted by Gasteiger charge is -2.13. The van der Waals surface area contributed by atoms with E-state index in [2.05, 4.69) is 0 Å². The molecule has 1 fully saturated rings. The van der Waals surface area contributed by atoms with Crippen LogP contribution in [0.25, 0.3) is 10.8 Å². The standard InChI is InChI=1S/C16H15F2NO6S/c17-16(18,26(21,22)23)15(20)19-7-10-1-2-12-6-13(4-3-11(12)5-10)24-8-14-9-25-14/h1-6,14H,7-9H2,(H,19,20)(H,21,22,23). The fourth-order valence-corrected chi connectivity index (χ4v) is 2.54. The minimum atomic E-state index is -5.82. The van der Waals surface area contributed by atoms with Gasteiger partial charge in [-0.3, -0.25) is 9.35 Å². The van der Waals surface area contributed by atoms with E-state index in [0.717, 1.165) is 10.8 Å². The summed E-state index contributed by atoms with van der Waals surface area (Å²) in [5.74, 6) is -1.42. The van der Waals surface area contributed by atoms with Gasteiger partial charge in [-0.2, -0.15) is 17.2 Å². The van der Waals surface area contributed by atoms with E-state index in [-0.39, 0.29) is 12.6 Å². The fraction of sp³-hybridized carbons (Fsp3) is 0.312. The summed E-state index contributed by atoms with van der Waals surface area (Å²) in [6.07, 6.45) is 0.137. The molecule has 1 unspecified atom stereocenters. The van der Waals surface area contributed by atoms with Gasteiger partial charge in [0.2, 0.25) is 0 Å². The number of amides is 1. The second-order valence-corrected chi connectivity index (χ2v) is 7.25. The zero-order valence-corrected chi connectivity index (χ0v) is 14.1. The van der Waals surface area contributed by atoms with Crippen molar-refractivity contribution in [2.75, 3.05) is 13.2 Å². The quantitative estimate of drug-likeness (QED) is 0.554. The normalized spacial score (nSPS) is 17.1. The molecule has 0 aliphatic carbocycles. The van der Waals surface area contributed by atoms with E-state index < -0.39 is 21.3 Å². The van der Waals surface area contributed by atoms with E-state index in [1.165, 1.54) is 0 Å². The highest BCUT2D eigenvalue weighted by Crippen LogP contribution is 2.24. The highest BCUT2D eigenvalue weighted by atomic mass is 32.2. The molecule has 2 aromatic carbocycles. The summed E-state index contributed by atoms with van der Waals surface area (Å²) in [4.78, 5) is 11.3. The molecule has 1 aliphatic heterocycles. The molecule has 1 heterocycles. The molecule has 1 aliphatic rings. The summed E-state index contributed by atoms with van der Waals surface area (Å²) >= 11 is 0. The number of alkyl halides is 2. The average molecular weight is 387 g/mol. The predicted octanol–water partition coefficient (Wildman–Crippen LogP) is 1.71. The van der Waals surface area contributed by atoms with Crippen molar-refractivity contribution in [3.05, 3.63) is 42.0 Å². The Morgan fingerprint density at radius 3 is 2.58 bits per heavy atom. The number of ether oxygens (including phenoxy) is 2. The van der Waals surface area contributed by atoms with Crippen LogP contribution < -0.4 is 10.1 Å². The number of hydrogen-bond donors (Lipinski definition) is 2. The lowest BCUT2D eigenvalue weighted by molar-refractivity contribution is -0.136. The largest absolute Gasteiger partial charge is 0.491 e. The van der Waals surface area contributed by atoms with Gasteiger partial charge in [-0.1, -0.05) is 18.2 Å². The second-order valence-electron chi connectivity index (χ2n) is 5.78. The predicted molar refractivity (Wildman–Crippen MR) is 87.5 cm³/mol. The van der Waals surface area contributed by atoms with Crippen molar-refractivity contribution < 1.29 is 36.0 Å². The van der Waals surface area contributed by atoms with Gasteiger partial charge in [0.15, 0.2) is 0 Å². The van der Waals surface area contributed by atoms with E-state index in [1.807, 2.05) is 6.07 Å². The molecule has 26 heavy (non-hydrogen) atoms. The maximum atomic E-state index is 13.2. The van der Waals surface area contributed by atoms with Gasteiger partial charge < -0.3 is 14.8 Å². The Labute approximate surface area is 147 Å². The summed E-state index contributed by atoms with van der Waals surface area (Å²) in [6, 6.07) is 10.3. The molecule has 2 N–H and O–H groups in total. The third-order valence-electron chi connectivity index (χ3n) is 3.76. The molecule has 1 saturated heterocycles. The second kappa shape index (κ2) is 6.78. The molecule has 0 aromatic heterocycles. The summed E-state index contributed by atoms with van der Waals surface area (Å²) in [5.41, 5.74) is 0.483. The minimum Gasteiger partial charge on any atom is -0.491 e. The monoisotopic (exact) mass is 387 g/mol. The summed E-state index contributed by atoms with van der Waals surface area (Å²) in [7, 11) is -5.82. The molecule has 7 nitrogen and oxygen atoms in total. The number of epoxide rings is 1. The molecule has 10 heteroatoms. The average Bonchev–Trinajstić information content (AvgIpc) is 3.40. The maximum absolute atomic E-state index is 13.2. The number of rotatable bonds is 7. The van der Waals surface area contributed by atoms with Crippen molar-refractivity contribution in [1.29, 1.82) is 0 Å². The summed E-state index contributed by atoms with van der Waals surface area (Å²) < 4.78 is 66.5. The van der Waals surface area contributed by atoms with Crippen LogP contribution in [0.2, 0.25) is 0 Å². The number of nitrogens with one attached hydrogen (secondary N) is 1. The molecule has 140 valence electrons. The van der Waals surface area contributed by atoms with E-state index >= 15 is 0 Å². The Morgan fingerprint density at radius 1 is 1.27 bits per heavy atom. The fourth-order valence-electron chi connectivity index (χ4n) is 2.23. The summed E-state index contributed by atoms with van der Waals surface area (Å²) in [6.45, 7) is 0.841. The third-order valence-corrected chi connectivity index (χ3v) is 4.59. The van der Waals surface area contributed by atoms with Crippen LogP contribution in [0.1, 0.15) is 5.56 Å². The van der Waals surface area contributed by atoms with Crippen molar-refractivity contribution >= 4 is 26.8 Å². The van der Waals surface area contributed by atoms with Gasteiger partial charge in [0.25, 0.3) is 0 Å². The first-order valence-corrected chi connectivity index (χ1v) is 9.01. The van der Waals surface area contributed by atoms with Gasteiger partial charge in [0.05, 0.1) is 6.61 Å². The van der Waals surface area contributed by atoms with Crippen molar-refractivity contribution in [2.45, 2.75) is 17.9 Å². The highest BCUT2D eigenvalue weighted by molar-refractivity contribution is 7.87. The van der Waals surface area contributed by atoms with Crippen LogP contribution in [0.3, 0.4) is 0 Å². The van der Waals surface area contributed by atoms with Crippen LogP contribution in [0, 0.1) is 0 Å². The zero-order chi connectivity index (χ0) is 18.9. The first-order valence-electron chi connectivity index (χ1n) is 7.57. The zero-order valence-electron chi connectivity index (χ0n) is 13.3. The number of hydrogen-bond acceptors (Lipinski definition) is 5. The number of carbonyl (C=O) groups is 1.